The van der Waals surface area contributed by atoms with Crippen LogP contribution >= 0.6 is 11.3 Å². The maximum Gasteiger partial charge on any atom is 0.240 e. The molecule has 0 saturated carbocycles. The molecule has 2 heterocycles. The Hall–Kier alpha value is -1.62. The largest absolute Gasteiger partial charge is 0.368 e. The molecule has 0 radical (unpaired) electrons. The van der Waals surface area contributed by atoms with Gasteiger partial charge in [0.2, 0.25) is 5.91 Å². The van der Waals surface area contributed by atoms with Crippen LogP contribution in [0.1, 0.15) is 24.0 Å². The van der Waals surface area contributed by atoms with Crippen molar-refractivity contribution in [2.24, 2.45) is 5.73 Å². The van der Waals surface area contributed by atoms with Gasteiger partial charge in [-0.15, -0.1) is 0 Å². The number of thiazole rings is 1. The number of rotatable bonds is 2. The van der Waals surface area contributed by atoms with Crippen LogP contribution in [0, 0.1) is 13.8 Å². The Kier molecular flexibility index (Phi) is 2.93. The number of aryl methyl sites for hydroxylation is 2. The molecule has 1 fully saturated rings. The summed E-state index contributed by atoms with van der Waals surface area (Å²) in [5.41, 5.74) is 8.99. The van der Waals surface area contributed by atoms with E-state index in [9.17, 15) is 4.79 Å². The smallest absolute Gasteiger partial charge is 0.240 e. The maximum atomic E-state index is 11.5. The van der Waals surface area contributed by atoms with E-state index in [0.29, 0.717) is 0 Å². The minimum atomic E-state index is -0.246. The highest BCUT2D eigenvalue weighted by atomic mass is 32.1. The highest BCUT2D eigenvalue weighted by Crippen LogP contribution is 2.35. The van der Waals surface area contributed by atoms with Gasteiger partial charge in [0.1, 0.15) is 6.04 Å². The van der Waals surface area contributed by atoms with Gasteiger partial charge < -0.3 is 10.6 Å². The van der Waals surface area contributed by atoms with Gasteiger partial charge in [-0.25, -0.2) is 4.98 Å². The van der Waals surface area contributed by atoms with E-state index >= 15 is 0 Å². The molecule has 0 spiro atoms. The van der Waals surface area contributed by atoms with Crippen LogP contribution in [0.15, 0.2) is 12.1 Å². The number of nitrogens with two attached hydrogens (primary N) is 1. The van der Waals surface area contributed by atoms with Crippen molar-refractivity contribution in [2.45, 2.75) is 32.7 Å². The lowest BCUT2D eigenvalue weighted by Crippen LogP contribution is -2.40. The Morgan fingerprint density at radius 2 is 2.26 bits per heavy atom. The predicted octanol–water partition coefficient (Wildman–Crippen LogP) is 2.37. The van der Waals surface area contributed by atoms with Crippen molar-refractivity contribution in [2.75, 3.05) is 11.4 Å². The first-order valence-electron chi connectivity index (χ1n) is 6.50. The number of hydrogen-bond acceptors (Lipinski definition) is 4. The second-order valence-electron chi connectivity index (χ2n) is 5.10. The topological polar surface area (TPSA) is 59.2 Å². The van der Waals surface area contributed by atoms with E-state index in [0.717, 1.165) is 30.0 Å². The molecule has 1 unspecified atom stereocenters. The molecule has 0 bridgehead atoms. The van der Waals surface area contributed by atoms with Gasteiger partial charge in [0.15, 0.2) is 5.13 Å². The number of amides is 1. The molecule has 100 valence electrons. The van der Waals surface area contributed by atoms with Crippen molar-refractivity contribution in [3.8, 4) is 0 Å². The number of benzene rings is 1. The summed E-state index contributed by atoms with van der Waals surface area (Å²) in [6.07, 6.45) is 1.84. The van der Waals surface area contributed by atoms with Gasteiger partial charge in [-0.2, -0.15) is 0 Å². The highest BCUT2D eigenvalue weighted by molar-refractivity contribution is 7.22. The fraction of sp³-hybridized carbons (Fsp3) is 0.429. The molecule has 5 heteroatoms. The van der Waals surface area contributed by atoms with Crippen LogP contribution in [0.4, 0.5) is 5.13 Å². The number of carbonyl (C=O) groups is 1. The minimum Gasteiger partial charge on any atom is -0.368 e. The van der Waals surface area contributed by atoms with E-state index in [4.69, 9.17) is 10.7 Å². The van der Waals surface area contributed by atoms with Gasteiger partial charge in [-0.3, -0.25) is 4.79 Å². The van der Waals surface area contributed by atoms with Crippen molar-refractivity contribution in [1.82, 2.24) is 4.98 Å². The molecule has 4 nitrogen and oxygen atoms in total. The lowest BCUT2D eigenvalue weighted by Gasteiger charge is -2.20. The first kappa shape index (κ1) is 12.4. The Labute approximate surface area is 116 Å². The summed E-state index contributed by atoms with van der Waals surface area (Å²) in [5, 5.41) is 0.921. The van der Waals surface area contributed by atoms with Gasteiger partial charge in [0.05, 0.1) is 10.2 Å². The molecular weight excluding hydrogens is 258 g/mol. The zero-order valence-corrected chi connectivity index (χ0v) is 12.0. The summed E-state index contributed by atoms with van der Waals surface area (Å²) >= 11 is 1.65. The van der Waals surface area contributed by atoms with Crippen LogP contribution < -0.4 is 10.6 Å². The van der Waals surface area contributed by atoms with Gasteiger partial charge in [0.25, 0.3) is 0 Å². The molecule has 1 saturated heterocycles. The van der Waals surface area contributed by atoms with Gasteiger partial charge in [-0.05, 0) is 43.9 Å². The number of carbonyl (C=O) groups excluding carboxylic acids is 1. The molecular formula is C14H17N3OS. The van der Waals surface area contributed by atoms with Crippen molar-refractivity contribution in [3.63, 3.8) is 0 Å². The zero-order chi connectivity index (χ0) is 13.6. The molecule has 2 N–H and O–H groups in total. The normalized spacial score (nSPS) is 19.3. The zero-order valence-electron chi connectivity index (χ0n) is 11.1. The van der Waals surface area contributed by atoms with Crippen LogP contribution in [0.2, 0.25) is 0 Å². The summed E-state index contributed by atoms with van der Waals surface area (Å²) in [6.45, 7) is 5.05. The van der Waals surface area contributed by atoms with E-state index in [1.54, 1.807) is 11.3 Å². The third-order valence-electron chi connectivity index (χ3n) is 3.90. The third-order valence-corrected chi connectivity index (χ3v) is 4.96. The summed E-state index contributed by atoms with van der Waals surface area (Å²) in [7, 11) is 0. The average molecular weight is 275 g/mol. The number of aromatic nitrogens is 1. The van der Waals surface area contributed by atoms with Crippen LogP contribution in [-0.2, 0) is 4.79 Å². The standard InChI is InChI=1S/C14H17N3OS/c1-8-5-6-11-12(9(8)2)16-14(19-11)17-7-3-4-10(17)13(15)18/h5-6,10H,3-4,7H2,1-2H3,(H2,15,18). The predicted molar refractivity (Wildman–Crippen MR) is 78.7 cm³/mol. The Morgan fingerprint density at radius 3 is 3.00 bits per heavy atom. The monoisotopic (exact) mass is 275 g/mol. The molecule has 1 amide bonds. The van der Waals surface area contributed by atoms with Crippen LogP contribution in [-0.4, -0.2) is 23.5 Å². The van der Waals surface area contributed by atoms with E-state index < -0.39 is 0 Å². The molecule has 1 aromatic carbocycles. The fourth-order valence-corrected chi connectivity index (χ4v) is 3.73. The summed E-state index contributed by atoms with van der Waals surface area (Å²) in [6, 6.07) is 4.03. The number of nitrogens with zero attached hydrogens (tertiary/aromatic N) is 2. The first-order chi connectivity index (χ1) is 9.08. The molecule has 0 aliphatic carbocycles. The Balaban J connectivity index is 2.06. The highest BCUT2D eigenvalue weighted by Gasteiger charge is 2.31. The summed E-state index contributed by atoms with van der Waals surface area (Å²) in [4.78, 5) is 18.3. The molecule has 1 atom stereocenters. The third kappa shape index (κ3) is 1.98. The first-order valence-corrected chi connectivity index (χ1v) is 7.32. The summed E-state index contributed by atoms with van der Waals surface area (Å²) in [5.74, 6) is -0.246. The summed E-state index contributed by atoms with van der Waals surface area (Å²) < 4.78 is 1.17. The van der Waals surface area contributed by atoms with Crippen LogP contribution in [0.5, 0.6) is 0 Å². The van der Waals surface area contributed by atoms with Gasteiger partial charge in [0, 0.05) is 6.54 Å². The van der Waals surface area contributed by atoms with E-state index in [1.165, 1.54) is 15.8 Å². The van der Waals surface area contributed by atoms with Crippen molar-refractivity contribution in [3.05, 3.63) is 23.3 Å². The van der Waals surface area contributed by atoms with E-state index in [2.05, 4.69) is 30.9 Å². The second-order valence-corrected chi connectivity index (χ2v) is 6.11. The number of anilines is 1. The Bertz CT molecular complexity index is 649. The lowest BCUT2D eigenvalue weighted by molar-refractivity contribution is -0.119. The number of hydrogen-bond donors (Lipinski definition) is 1. The Morgan fingerprint density at radius 1 is 1.47 bits per heavy atom. The van der Waals surface area contributed by atoms with Crippen molar-refractivity contribution >= 4 is 32.6 Å². The second kappa shape index (κ2) is 4.49. The number of primary amides is 1. The molecule has 2 aromatic rings. The molecule has 1 aromatic heterocycles. The van der Waals surface area contributed by atoms with Crippen LogP contribution in [0.25, 0.3) is 10.2 Å². The molecule has 1 aliphatic rings. The fourth-order valence-electron chi connectivity index (χ4n) is 2.63. The maximum absolute atomic E-state index is 11.5. The van der Waals surface area contributed by atoms with Crippen molar-refractivity contribution < 1.29 is 4.79 Å². The SMILES string of the molecule is Cc1ccc2sc(N3CCCC3C(N)=O)nc2c1C. The van der Waals surface area contributed by atoms with E-state index in [-0.39, 0.29) is 11.9 Å². The molecule has 19 heavy (non-hydrogen) atoms. The number of fused-ring (bicyclic) bond motifs is 1. The minimum absolute atomic E-state index is 0.193. The lowest BCUT2D eigenvalue weighted by atomic mass is 10.1. The average Bonchev–Trinajstić information content (AvgIpc) is 2.99. The molecule has 3 rings (SSSR count). The quantitative estimate of drug-likeness (QED) is 0.915. The van der Waals surface area contributed by atoms with Gasteiger partial charge in [-0.1, -0.05) is 17.4 Å². The van der Waals surface area contributed by atoms with Crippen molar-refractivity contribution in [1.29, 1.82) is 0 Å². The van der Waals surface area contributed by atoms with Gasteiger partial charge >= 0.3 is 0 Å². The van der Waals surface area contributed by atoms with Crippen LogP contribution in [0.3, 0.4) is 0 Å². The van der Waals surface area contributed by atoms with E-state index in [1.807, 2.05) is 0 Å². The molecule has 1 aliphatic heterocycles.